The van der Waals surface area contributed by atoms with Gasteiger partial charge in [0.15, 0.2) is 0 Å². The van der Waals surface area contributed by atoms with Gasteiger partial charge in [-0.15, -0.1) is 22.7 Å². The van der Waals surface area contributed by atoms with Crippen LogP contribution in [0.3, 0.4) is 0 Å². The minimum atomic E-state index is 0.0886. The van der Waals surface area contributed by atoms with Gasteiger partial charge in [-0.25, -0.2) is 0 Å². The Morgan fingerprint density at radius 1 is 1.33 bits per heavy atom. The number of nitrogens with zero attached hydrogens (tertiary/aromatic N) is 1. The smallest absolute Gasteiger partial charge is 0.142 e. The van der Waals surface area contributed by atoms with E-state index in [1.807, 2.05) is 29.7 Å². The standard InChI is InChI=1S/C16H18N2OS2/c1-3-7-17-16(15-11(19-2)5-4-8-18-15)14-10-13-12(21-14)6-9-20-13/h4-6,8-10,16-17H,3,7H2,1-2H3. The molecule has 0 aromatic carbocycles. The summed E-state index contributed by atoms with van der Waals surface area (Å²) in [6.45, 7) is 3.13. The number of methoxy groups -OCH3 is 1. The van der Waals surface area contributed by atoms with Crippen molar-refractivity contribution in [3.8, 4) is 5.75 Å². The van der Waals surface area contributed by atoms with Crippen molar-refractivity contribution >= 4 is 32.1 Å². The quantitative estimate of drug-likeness (QED) is 0.729. The van der Waals surface area contributed by atoms with Crippen molar-refractivity contribution in [3.63, 3.8) is 0 Å². The molecule has 1 atom stereocenters. The first-order valence-electron chi connectivity index (χ1n) is 7.02. The summed E-state index contributed by atoms with van der Waals surface area (Å²) in [5.74, 6) is 0.836. The molecule has 0 aliphatic rings. The fourth-order valence-electron chi connectivity index (χ4n) is 2.34. The maximum absolute atomic E-state index is 5.49. The first-order valence-corrected chi connectivity index (χ1v) is 8.72. The largest absolute Gasteiger partial charge is 0.495 e. The number of thiophene rings is 2. The zero-order valence-corrected chi connectivity index (χ0v) is 13.8. The van der Waals surface area contributed by atoms with Crippen molar-refractivity contribution in [3.05, 3.63) is 46.4 Å². The highest BCUT2D eigenvalue weighted by molar-refractivity contribution is 7.27. The van der Waals surface area contributed by atoms with E-state index in [1.54, 1.807) is 18.4 Å². The first kappa shape index (κ1) is 14.5. The highest BCUT2D eigenvalue weighted by Crippen LogP contribution is 2.37. The van der Waals surface area contributed by atoms with E-state index in [2.05, 4.69) is 34.7 Å². The van der Waals surface area contributed by atoms with Crippen LogP contribution in [0.1, 0.15) is 30.0 Å². The molecule has 3 aromatic rings. The monoisotopic (exact) mass is 318 g/mol. The van der Waals surface area contributed by atoms with Crippen molar-refractivity contribution in [2.45, 2.75) is 19.4 Å². The predicted octanol–water partition coefficient (Wildman–Crippen LogP) is 4.46. The third kappa shape index (κ3) is 2.95. The zero-order valence-electron chi connectivity index (χ0n) is 12.1. The molecular weight excluding hydrogens is 300 g/mol. The summed E-state index contributed by atoms with van der Waals surface area (Å²) in [5, 5.41) is 5.74. The Morgan fingerprint density at radius 2 is 2.24 bits per heavy atom. The van der Waals surface area contributed by atoms with Gasteiger partial charge in [0.25, 0.3) is 0 Å². The minimum Gasteiger partial charge on any atom is -0.495 e. The summed E-state index contributed by atoms with van der Waals surface area (Å²) in [6, 6.07) is 8.42. The molecule has 0 radical (unpaired) electrons. The molecule has 0 aliphatic carbocycles. The van der Waals surface area contributed by atoms with Crippen LogP contribution in [0.5, 0.6) is 5.75 Å². The molecule has 5 heteroatoms. The fraction of sp³-hybridized carbons (Fsp3) is 0.312. The maximum atomic E-state index is 5.49. The van der Waals surface area contributed by atoms with Crippen LogP contribution >= 0.6 is 22.7 Å². The second-order valence-electron chi connectivity index (χ2n) is 4.78. The molecular formula is C16H18N2OS2. The molecule has 0 amide bonds. The topological polar surface area (TPSA) is 34.2 Å². The van der Waals surface area contributed by atoms with Crippen molar-refractivity contribution in [2.75, 3.05) is 13.7 Å². The SMILES string of the molecule is CCCNC(c1cc2sccc2s1)c1ncccc1OC. The predicted molar refractivity (Wildman–Crippen MR) is 90.6 cm³/mol. The minimum absolute atomic E-state index is 0.0886. The lowest BCUT2D eigenvalue weighted by Crippen LogP contribution is -2.23. The number of hydrogen-bond acceptors (Lipinski definition) is 5. The van der Waals surface area contributed by atoms with Gasteiger partial charge in [0.2, 0.25) is 0 Å². The lowest BCUT2D eigenvalue weighted by molar-refractivity contribution is 0.400. The van der Waals surface area contributed by atoms with Crippen molar-refractivity contribution in [2.24, 2.45) is 0 Å². The van der Waals surface area contributed by atoms with Crippen molar-refractivity contribution < 1.29 is 4.74 Å². The van der Waals surface area contributed by atoms with E-state index < -0.39 is 0 Å². The van der Waals surface area contributed by atoms with Gasteiger partial charge in [-0.05, 0) is 42.6 Å². The first-order chi connectivity index (χ1) is 10.3. The number of rotatable bonds is 6. The Balaban J connectivity index is 2.02. The van der Waals surface area contributed by atoms with Gasteiger partial charge in [0, 0.05) is 20.5 Å². The number of aromatic nitrogens is 1. The number of pyridine rings is 1. The molecule has 3 heterocycles. The molecule has 110 valence electrons. The van der Waals surface area contributed by atoms with Crippen LogP contribution in [0.25, 0.3) is 9.40 Å². The second-order valence-corrected chi connectivity index (χ2v) is 6.84. The van der Waals surface area contributed by atoms with Crippen LogP contribution in [0.15, 0.2) is 35.8 Å². The summed E-state index contributed by atoms with van der Waals surface area (Å²) in [7, 11) is 1.70. The fourth-order valence-corrected chi connectivity index (χ4v) is 4.54. The number of fused-ring (bicyclic) bond motifs is 1. The summed E-state index contributed by atoms with van der Waals surface area (Å²) >= 11 is 3.61. The van der Waals surface area contributed by atoms with E-state index in [1.165, 1.54) is 14.3 Å². The van der Waals surface area contributed by atoms with E-state index in [0.717, 1.165) is 24.4 Å². The van der Waals surface area contributed by atoms with Crippen LogP contribution < -0.4 is 10.1 Å². The summed E-state index contributed by atoms with van der Waals surface area (Å²) in [6.07, 6.45) is 2.92. The molecule has 0 aliphatic heterocycles. The summed E-state index contributed by atoms with van der Waals surface area (Å²) in [4.78, 5) is 5.85. The van der Waals surface area contributed by atoms with Gasteiger partial charge in [-0.3, -0.25) is 4.98 Å². The van der Waals surface area contributed by atoms with Crippen LogP contribution in [0.4, 0.5) is 0 Å². The second kappa shape index (κ2) is 6.56. The molecule has 3 nitrogen and oxygen atoms in total. The lowest BCUT2D eigenvalue weighted by atomic mass is 10.1. The molecule has 0 saturated carbocycles. The van der Waals surface area contributed by atoms with Gasteiger partial charge >= 0.3 is 0 Å². The van der Waals surface area contributed by atoms with E-state index in [-0.39, 0.29) is 6.04 Å². The van der Waals surface area contributed by atoms with Gasteiger partial charge < -0.3 is 10.1 Å². The molecule has 3 rings (SSSR count). The number of nitrogens with one attached hydrogen (secondary N) is 1. The molecule has 3 aromatic heterocycles. The van der Waals surface area contributed by atoms with E-state index >= 15 is 0 Å². The molecule has 1 N–H and O–H groups in total. The van der Waals surface area contributed by atoms with Crippen LogP contribution in [0, 0.1) is 0 Å². The molecule has 1 unspecified atom stereocenters. The van der Waals surface area contributed by atoms with Crippen LogP contribution in [-0.2, 0) is 0 Å². The zero-order chi connectivity index (χ0) is 14.7. The average Bonchev–Trinajstić information content (AvgIpc) is 3.09. The summed E-state index contributed by atoms with van der Waals surface area (Å²) in [5.41, 5.74) is 0.961. The van der Waals surface area contributed by atoms with Gasteiger partial charge in [-0.1, -0.05) is 6.92 Å². The number of hydrogen-bond donors (Lipinski definition) is 1. The van der Waals surface area contributed by atoms with Crippen molar-refractivity contribution in [1.29, 1.82) is 0 Å². The highest BCUT2D eigenvalue weighted by atomic mass is 32.1. The highest BCUT2D eigenvalue weighted by Gasteiger charge is 2.21. The molecule has 0 bridgehead atoms. The van der Waals surface area contributed by atoms with E-state index in [9.17, 15) is 0 Å². The van der Waals surface area contributed by atoms with Crippen molar-refractivity contribution in [1.82, 2.24) is 10.3 Å². The molecule has 0 saturated heterocycles. The third-order valence-corrected chi connectivity index (χ3v) is 5.49. The average molecular weight is 318 g/mol. The Hall–Kier alpha value is -1.43. The van der Waals surface area contributed by atoms with E-state index in [0.29, 0.717) is 0 Å². The van der Waals surface area contributed by atoms with Gasteiger partial charge in [0.1, 0.15) is 11.4 Å². The molecule has 21 heavy (non-hydrogen) atoms. The van der Waals surface area contributed by atoms with Gasteiger partial charge in [-0.2, -0.15) is 0 Å². The van der Waals surface area contributed by atoms with Crippen LogP contribution in [0.2, 0.25) is 0 Å². The summed E-state index contributed by atoms with van der Waals surface area (Å²) < 4.78 is 8.17. The third-order valence-electron chi connectivity index (χ3n) is 3.33. The Morgan fingerprint density at radius 3 is 3.00 bits per heavy atom. The normalized spacial score (nSPS) is 12.7. The lowest BCUT2D eigenvalue weighted by Gasteiger charge is -2.18. The van der Waals surface area contributed by atoms with Gasteiger partial charge in [0.05, 0.1) is 13.2 Å². The van der Waals surface area contributed by atoms with E-state index in [4.69, 9.17) is 4.74 Å². The Labute approximate surface area is 132 Å². The molecule has 0 fully saturated rings. The Kier molecular flexibility index (Phi) is 4.53. The Bertz CT molecular complexity index is 691. The maximum Gasteiger partial charge on any atom is 0.142 e. The number of ether oxygens (including phenoxy) is 1. The van der Waals surface area contributed by atoms with Crippen LogP contribution in [-0.4, -0.2) is 18.6 Å². The molecule has 0 spiro atoms.